The molecular formula is C21H23N9O. The van der Waals surface area contributed by atoms with Crippen molar-refractivity contribution in [2.45, 2.75) is 19.9 Å². The monoisotopic (exact) mass is 417 g/mol. The first-order valence-electron chi connectivity index (χ1n) is 9.92. The van der Waals surface area contributed by atoms with Crippen molar-refractivity contribution in [3.63, 3.8) is 0 Å². The van der Waals surface area contributed by atoms with Gasteiger partial charge in [-0.15, -0.1) is 4.99 Å². The maximum Gasteiger partial charge on any atom is 0.248 e. The summed E-state index contributed by atoms with van der Waals surface area (Å²) < 4.78 is 0. The molecule has 1 aliphatic heterocycles. The number of anilines is 2. The Morgan fingerprint density at radius 2 is 2.10 bits per heavy atom. The van der Waals surface area contributed by atoms with Crippen molar-refractivity contribution in [2.75, 3.05) is 29.9 Å². The van der Waals surface area contributed by atoms with Crippen LogP contribution in [0.25, 0.3) is 11.0 Å². The number of aryl methyl sites for hydroxylation is 1. The summed E-state index contributed by atoms with van der Waals surface area (Å²) in [5, 5.41) is 13.4. The van der Waals surface area contributed by atoms with E-state index in [2.05, 4.69) is 42.0 Å². The van der Waals surface area contributed by atoms with Gasteiger partial charge in [-0.25, -0.2) is 9.97 Å². The van der Waals surface area contributed by atoms with Crippen LogP contribution in [0.15, 0.2) is 41.8 Å². The molecule has 1 amide bonds. The van der Waals surface area contributed by atoms with Crippen LogP contribution in [-0.4, -0.2) is 57.4 Å². The fraction of sp³-hybridized carbons (Fsp3) is 0.286. The van der Waals surface area contributed by atoms with Gasteiger partial charge in [0, 0.05) is 43.1 Å². The van der Waals surface area contributed by atoms with E-state index >= 15 is 0 Å². The Balaban J connectivity index is 1.52. The van der Waals surface area contributed by atoms with Crippen molar-refractivity contribution < 1.29 is 4.79 Å². The van der Waals surface area contributed by atoms with E-state index in [9.17, 15) is 10.1 Å². The highest BCUT2D eigenvalue weighted by molar-refractivity contribution is 5.97. The molecule has 4 N–H and O–H groups in total. The number of aliphatic imine (C=N–C) groups is 1. The average molecular weight is 417 g/mol. The van der Waals surface area contributed by atoms with Gasteiger partial charge in [-0.2, -0.15) is 5.26 Å². The predicted octanol–water partition coefficient (Wildman–Crippen LogP) is 1.82. The second-order valence-electron chi connectivity index (χ2n) is 7.48. The number of hydrogen-bond donors (Lipinski definition) is 3. The summed E-state index contributed by atoms with van der Waals surface area (Å²) in [6.45, 7) is 6.20. The molecule has 0 spiro atoms. The zero-order chi connectivity index (χ0) is 22.0. The molecule has 158 valence electrons. The third-order valence-electron chi connectivity index (χ3n) is 5.43. The van der Waals surface area contributed by atoms with Gasteiger partial charge < -0.3 is 25.8 Å². The minimum absolute atomic E-state index is 0.0718. The molecule has 0 aliphatic carbocycles. The van der Waals surface area contributed by atoms with E-state index in [1.807, 2.05) is 19.3 Å². The summed E-state index contributed by atoms with van der Waals surface area (Å²) in [5.74, 6) is 0.884. The maximum absolute atomic E-state index is 11.3. The zero-order valence-corrected chi connectivity index (χ0v) is 17.3. The molecule has 10 heteroatoms. The number of nitrogens with one attached hydrogen (secondary N) is 2. The molecular weight excluding hydrogens is 394 g/mol. The molecule has 1 atom stereocenters. The van der Waals surface area contributed by atoms with E-state index in [0.29, 0.717) is 36.8 Å². The first kappa shape index (κ1) is 20.2. The Bertz CT molecular complexity index is 1180. The number of amides is 1. The van der Waals surface area contributed by atoms with Crippen molar-refractivity contribution in [3.05, 3.63) is 47.9 Å². The Hall–Kier alpha value is -4.13. The molecule has 0 unspecified atom stereocenters. The van der Waals surface area contributed by atoms with E-state index in [0.717, 1.165) is 22.4 Å². The maximum atomic E-state index is 11.3. The van der Waals surface area contributed by atoms with Gasteiger partial charge in [0.2, 0.25) is 18.1 Å². The third kappa shape index (κ3) is 3.98. The summed E-state index contributed by atoms with van der Waals surface area (Å²) in [6.07, 6.45) is 5.39. The molecule has 2 aromatic heterocycles. The van der Waals surface area contributed by atoms with Gasteiger partial charge in [-0.3, -0.25) is 4.79 Å². The van der Waals surface area contributed by atoms with E-state index < -0.39 is 5.91 Å². The molecule has 10 nitrogen and oxygen atoms in total. The number of hydrogen-bond acceptors (Lipinski definition) is 6. The molecule has 0 radical (unpaired) electrons. The molecule has 1 fully saturated rings. The highest BCUT2D eigenvalue weighted by Crippen LogP contribution is 2.27. The van der Waals surface area contributed by atoms with Crippen molar-refractivity contribution in [1.29, 1.82) is 5.26 Å². The first-order valence-corrected chi connectivity index (χ1v) is 9.92. The number of nitrogens with two attached hydrogens (primary N) is 1. The normalized spacial score (nSPS) is 16.9. The summed E-state index contributed by atoms with van der Waals surface area (Å²) in [4.78, 5) is 31.6. The van der Waals surface area contributed by atoms with Crippen LogP contribution in [0.5, 0.6) is 0 Å². The lowest BCUT2D eigenvalue weighted by Gasteiger charge is -2.41. The van der Waals surface area contributed by atoms with Crippen LogP contribution in [0.1, 0.15) is 22.8 Å². The fourth-order valence-electron chi connectivity index (χ4n) is 3.86. The van der Waals surface area contributed by atoms with Gasteiger partial charge in [0.1, 0.15) is 17.8 Å². The van der Waals surface area contributed by atoms with Gasteiger partial charge in [0.05, 0.1) is 5.39 Å². The number of carbonyl (C=O) groups is 1. The first-order chi connectivity index (χ1) is 15.0. The number of carbonyl (C=O) groups excluding carboxylic acids is 1. The number of guanidine groups is 1. The van der Waals surface area contributed by atoms with Crippen LogP contribution in [0.4, 0.5) is 11.5 Å². The Kier molecular flexibility index (Phi) is 5.41. The largest absolute Gasteiger partial charge is 0.366 e. The van der Waals surface area contributed by atoms with Gasteiger partial charge in [0.15, 0.2) is 0 Å². The number of rotatable bonds is 3. The van der Waals surface area contributed by atoms with Gasteiger partial charge in [0.25, 0.3) is 0 Å². The molecule has 1 saturated heterocycles. The summed E-state index contributed by atoms with van der Waals surface area (Å²) >= 11 is 0. The van der Waals surface area contributed by atoms with Crippen molar-refractivity contribution in [3.8, 4) is 6.19 Å². The minimum atomic E-state index is -0.487. The molecule has 1 aromatic carbocycles. The van der Waals surface area contributed by atoms with Crippen LogP contribution in [0.3, 0.4) is 0 Å². The standard InChI is InChI=1S/C21H23N9O/c1-13-9-24-19-17(13)20(27-12-26-19)29-7-8-30(14(2)10-29)21(25-11-22)28-16-5-3-15(4-6-16)18(23)31/h3-6,9,12,14H,7-8,10H2,1-2H3,(H2,23,31)(H,25,28)(H,24,26,27)/t14-/m0/s1. The Morgan fingerprint density at radius 3 is 2.77 bits per heavy atom. The van der Waals surface area contributed by atoms with Crippen LogP contribution >= 0.6 is 0 Å². The minimum Gasteiger partial charge on any atom is -0.366 e. The summed E-state index contributed by atoms with van der Waals surface area (Å²) in [5.41, 5.74) is 8.36. The van der Waals surface area contributed by atoms with Gasteiger partial charge in [-0.1, -0.05) is 0 Å². The molecule has 31 heavy (non-hydrogen) atoms. The molecule has 1 aliphatic rings. The van der Waals surface area contributed by atoms with Gasteiger partial charge >= 0.3 is 0 Å². The summed E-state index contributed by atoms with van der Waals surface area (Å²) in [6, 6.07) is 6.81. The fourth-order valence-corrected chi connectivity index (χ4v) is 3.86. The predicted molar refractivity (Wildman–Crippen MR) is 119 cm³/mol. The second kappa shape index (κ2) is 8.31. The molecule has 3 heterocycles. The molecule has 4 rings (SSSR count). The number of nitrogens with zero attached hydrogens (tertiary/aromatic N) is 6. The van der Waals surface area contributed by atoms with Crippen molar-refractivity contribution in [2.24, 2.45) is 10.7 Å². The number of nitriles is 1. The lowest BCUT2D eigenvalue weighted by Crippen LogP contribution is -2.56. The van der Waals surface area contributed by atoms with Crippen LogP contribution in [0.2, 0.25) is 0 Å². The van der Waals surface area contributed by atoms with Crippen molar-refractivity contribution in [1.82, 2.24) is 19.9 Å². The number of aromatic amines is 1. The highest BCUT2D eigenvalue weighted by atomic mass is 16.1. The SMILES string of the molecule is Cc1c[nH]c2ncnc(N3CCN(C(=NC#N)Nc4ccc(C(N)=O)cc4)[C@@H](C)C3)c12. The number of aromatic nitrogens is 3. The number of fused-ring (bicyclic) bond motifs is 1. The Labute approximate surface area is 179 Å². The lowest BCUT2D eigenvalue weighted by atomic mass is 10.1. The number of benzene rings is 1. The smallest absolute Gasteiger partial charge is 0.248 e. The number of primary amides is 1. The average Bonchev–Trinajstić information content (AvgIpc) is 3.15. The Morgan fingerprint density at radius 1 is 1.32 bits per heavy atom. The number of piperazine rings is 1. The second-order valence-corrected chi connectivity index (χ2v) is 7.48. The quantitative estimate of drug-likeness (QED) is 0.335. The van der Waals surface area contributed by atoms with Crippen molar-refractivity contribution >= 4 is 34.4 Å². The van der Waals surface area contributed by atoms with Gasteiger partial charge in [-0.05, 0) is 43.7 Å². The van der Waals surface area contributed by atoms with Crippen LogP contribution in [0, 0.1) is 18.4 Å². The molecule has 0 bridgehead atoms. The topological polar surface area (TPSA) is 139 Å². The molecule has 0 saturated carbocycles. The summed E-state index contributed by atoms with van der Waals surface area (Å²) in [7, 11) is 0. The molecule has 3 aromatic rings. The van der Waals surface area contributed by atoms with E-state index in [-0.39, 0.29) is 6.04 Å². The van der Waals surface area contributed by atoms with Crippen LogP contribution < -0.4 is 16.0 Å². The van der Waals surface area contributed by atoms with E-state index in [1.165, 1.54) is 0 Å². The van der Waals surface area contributed by atoms with Crippen LogP contribution in [-0.2, 0) is 0 Å². The van der Waals surface area contributed by atoms with E-state index in [1.54, 1.807) is 30.6 Å². The zero-order valence-electron chi connectivity index (χ0n) is 17.3. The number of H-pyrrole nitrogens is 1. The highest BCUT2D eigenvalue weighted by Gasteiger charge is 2.28. The lowest BCUT2D eigenvalue weighted by molar-refractivity contribution is 0.100. The third-order valence-corrected chi connectivity index (χ3v) is 5.43. The van der Waals surface area contributed by atoms with E-state index in [4.69, 9.17) is 5.73 Å².